The molecule has 4 nitrogen and oxygen atoms in total. The summed E-state index contributed by atoms with van der Waals surface area (Å²) >= 11 is 0. The zero-order valence-corrected chi connectivity index (χ0v) is 17.6. The van der Waals surface area contributed by atoms with E-state index in [0.717, 1.165) is 36.7 Å². The van der Waals surface area contributed by atoms with Gasteiger partial charge in [-0.15, -0.1) is 0 Å². The van der Waals surface area contributed by atoms with E-state index in [1.165, 1.54) is 0 Å². The van der Waals surface area contributed by atoms with E-state index >= 15 is 0 Å². The van der Waals surface area contributed by atoms with Crippen molar-refractivity contribution in [2.75, 3.05) is 18.1 Å². The quantitative estimate of drug-likeness (QED) is 0.408. The van der Waals surface area contributed by atoms with Gasteiger partial charge in [-0.1, -0.05) is 52.2 Å². The molecule has 0 spiro atoms. The molecule has 1 heterocycles. The first kappa shape index (κ1) is 23.0. The van der Waals surface area contributed by atoms with Gasteiger partial charge >= 0.3 is 6.18 Å². The van der Waals surface area contributed by atoms with Crippen molar-refractivity contribution < 1.29 is 17.9 Å². The average molecular weight is 409 g/mol. The summed E-state index contributed by atoms with van der Waals surface area (Å²) in [4.78, 5) is 9.94. The van der Waals surface area contributed by atoms with Crippen LogP contribution in [0, 0.1) is 0 Å². The van der Waals surface area contributed by atoms with Gasteiger partial charge in [0.15, 0.2) is 0 Å². The van der Waals surface area contributed by atoms with Gasteiger partial charge in [0.2, 0.25) is 11.8 Å². The third kappa shape index (κ3) is 6.34. The number of anilines is 2. The van der Waals surface area contributed by atoms with Gasteiger partial charge in [-0.3, -0.25) is 0 Å². The maximum absolute atomic E-state index is 13.4. The topological polar surface area (TPSA) is 38.2 Å². The Labute approximate surface area is 171 Å². The third-order valence-corrected chi connectivity index (χ3v) is 4.69. The monoisotopic (exact) mass is 409 g/mol. The van der Waals surface area contributed by atoms with Gasteiger partial charge < -0.3 is 9.64 Å². The Hall–Kier alpha value is -2.31. The number of unbranched alkanes of at least 4 members (excludes halogenated alkanes) is 3. The van der Waals surface area contributed by atoms with Gasteiger partial charge in [0.05, 0.1) is 6.61 Å². The van der Waals surface area contributed by atoms with Crippen molar-refractivity contribution in [2.24, 2.45) is 0 Å². The van der Waals surface area contributed by atoms with Gasteiger partial charge in [0.1, 0.15) is 5.56 Å². The lowest BCUT2D eigenvalue weighted by Crippen LogP contribution is -2.21. The predicted octanol–water partition coefficient (Wildman–Crippen LogP) is 6.74. The van der Waals surface area contributed by atoms with E-state index in [9.17, 15) is 13.2 Å². The normalized spacial score (nSPS) is 11.7. The van der Waals surface area contributed by atoms with Gasteiger partial charge in [-0.05, 0) is 37.0 Å². The lowest BCUT2D eigenvalue weighted by atomic mass is 10.0. The second-order valence-corrected chi connectivity index (χ2v) is 7.29. The summed E-state index contributed by atoms with van der Waals surface area (Å²) in [7, 11) is 0. The molecule has 160 valence electrons. The Bertz CT molecular complexity index is 778. The third-order valence-electron chi connectivity index (χ3n) is 4.69. The van der Waals surface area contributed by atoms with E-state index in [-0.39, 0.29) is 12.6 Å². The van der Waals surface area contributed by atoms with E-state index in [1.807, 2.05) is 31.2 Å². The van der Waals surface area contributed by atoms with Gasteiger partial charge in [0, 0.05) is 18.4 Å². The number of ether oxygens (including phenoxy) is 1. The SMILES string of the molecule is CCCCCCOc1nc(N(CC)c2cccc(C(C)C)c2)ncc1C(F)(F)F. The van der Waals surface area contributed by atoms with Crippen LogP contribution in [-0.4, -0.2) is 23.1 Å². The summed E-state index contributed by atoms with van der Waals surface area (Å²) in [5.74, 6) is 0.131. The van der Waals surface area contributed by atoms with Crippen LogP contribution in [0.5, 0.6) is 5.88 Å². The zero-order chi connectivity index (χ0) is 21.4. The maximum Gasteiger partial charge on any atom is 0.423 e. The second-order valence-electron chi connectivity index (χ2n) is 7.29. The first-order valence-electron chi connectivity index (χ1n) is 10.2. The Kier molecular flexibility index (Phi) is 8.29. The molecule has 2 aromatic rings. The number of hydrogen-bond acceptors (Lipinski definition) is 4. The highest BCUT2D eigenvalue weighted by atomic mass is 19.4. The molecular formula is C22H30F3N3O. The van der Waals surface area contributed by atoms with Crippen molar-refractivity contribution in [1.82, 2.24) is 9.97 Å². The minimum atomic E-state index is -4.56. The summed E-state index contributed by atoms with van der Waals surface area (Å²) in [6, 6.07) is 7.88. The molecule has 0 radical (unpaired) electrons. The number of hydrogen-bond donors (Lipinski definition) is 0. The Morgan fingerprint density at radius 1 is 1.10 bits per heavy atom. The van der Waals surface area contributed by atoms with Crippen molar-refractivity contribution in [2.45, 2.75) is 65.5 Å². The Balaban J connectivity index is 2.33. The molecule has 2 rings (SSSR count). The molecule has 0 aliphatic carbocycles. The summed E-state index contributed by atoms with van der Waals surface area (Å²) in [6.07, 6.45) is -0.0610. The lowest BCUT2D eigenvalue weighted by molar-refractivity contribution is -0.139. The van der Waals surface area contributed by atoms with Crippen LogP contribution < -0.4 is 9.64 Å². The molecule has 0 amide bonds. The number of halogens is 3. The van der Waals surface area contributed by atoms with Crippen LogP contribution in [0.4, 0.5) is 24.8 Å². The molecule has 29 heavy (non-hydrogen) atoms. The van der Waals surface area contributed by atoms with Gasteiger partial charge in [-0.2, -0.15) is 18.2 Å². The standard InChI is InChI=1S/C22H30F3N3O/c1-5-7-8-9-13-29-20-19(22(23,24)25)15-26-21(27-20)28(6-2)18-12-10-11-17(14-18)16(3)4/h10-12,14-16H,5-9,13H2,1-4H3. The summed E-state index contributed by atoms with van der Waals surface area (Å²) in [5.41, 5.74) is 1.04. The van der Waals surface area contributed by atoms with Crippen LogP contribution >= 0.6 is 0 Å². The van der Waals surface area contributed by atoms with E-state index in [0.29, 0.717) is 18.9 Å². The highest BCUT2D eigenvalue weighted by Crippen LogP contribution is 2.36. The van der Waals surface area contributed by atoms with Crippen LogP contribution in [0.1, 0.15) is 70.4 Å². The molecular weight excluding hydrogens is 379 g/mol. The molecule has 0 atom stereocenters. The van der Waals surface area contributed by atoms with E-state index in [4.69, 9.17) is 4.74 Å². The van der Waals surface area contributed by atoms with Crippen molar-refractivity contribution >= 4 is 11.6 Å². The Morgan fingerprint density at radius 3 is 2.48 bits per heavy atom. The number of benzene rings is 1. The fourth-order valence-corrected chi connectivity index (χ4v) is 2.98. The number of aromatic nitrogens is 2. The van der Waals surface area contributed by atoms with Crippen LogP contribution in [-0.2, 0) is 6.18 Å². The first-order chi connectivity index (χ1) is 13.8. The molecule has 1 aromatic heterocycles. The fraction of sp³-hybridized carbons (Fsp3) is 0.545. The molecule has 0 N–H and O–H groups in total. The number of rotatable bonds is 10. The van der Waals surface area contributed by atoms with Gasteiger partial charge in [-0.25, -0.2) is 4.98 Å². The molecule has 0 fully saturated rings. The molecule has 0 bridgehead atoms. The minimum absolute atomic E-state index is 0.199. The lowest BCUT2D eigenvalue weighted by Gasteiger charge is -2.23. The fourth-order valence-electron chi connectivity index (χ4n) is 2.98. The largest absolute Gasteiger partial charge is 0.477 e. The summed E-state index contributed by atoms with van der Waals surface area (Å²) < 4.78 is 45.6. The average Bonchev–Trinajstić information content (AvgIpc) is 2.68. The first-order valence-corrected chi connectivity index (χ1v) is 10.2. The van der Waals surface area contributed by atoms with Crippen molar-refractivity contribution in [3.8, 4) is 5.88 Å². The van der Waals surface area contributed by atoms with E-state index in [1.54, 1.807) is 4.90 Å². The van der Waals surface area contributed by atoms with Crippen LogP contribution in [0.2, 0.25) is 0 Å². The minimum Gasteiger partial charge on any atom is -0.477 e. The number of alkyl halides is 3. The zero-order valence-electron chi connectivity index (χ0n) is 17.6. The maximum atomic E-state index is 13.4. The van der Waals surface area contributed by atoms with Crippen LogP contribution in [0.15, 0.2) is 30.5 Å². The highest BCUT2D eigenvalue weighted by molar-refractivity contribution is 5.59. The van der Waals surface area contributed by atoms with Crippen molar-refractivity contribution in [3.63, 3.8) is 0 Å². The number of nitrogens with zero attached hydrogens (tertiary/aromatic N) is 3. The van der Waals surface area contributed by atoms with Crippen LogP contribution in [0.3, 0.4) is 0 Å². The predicted molar refractivity (Wildman–Crippen MR) is 110 cm³/mol. The second kappa shape index (κ2) is 10.5. The van der Waals surface area contributed by atoms with Crippen molar-refractivity contribution in [1.29, 1.82) is 0 Å². The molecule has 0 aliphatic rings. The molecule has 0 saturated heterocycles. The van der Waals surface area contributed by atoms with Gasteiger partial charge in [0.25, 0.3) is 0 Å². The molecule has 7 heteroatoms. The van der Waals surface area contributed by atoms with E-state index in [2.05, 4.69) is 30.7 Å². The molecule has 0 aliphatic heterocycles. The Morgan fingerprint density at radius 2 is 1.86 bits per heavy atom. The van der Waals surface area contributed by atoms with E-state index < -0.39 is 17.6 Å². The summed E-state index contributed by atoms with van der Waals surface area (Å²) in [6.45, 7) is 8.89. The molecule has 0 unspecified atom stereocenters. The van der Waals surface area contributed by atoms with Crippen LogP contribution in [0.25, 0.3) is 0 Å². The summed E-state index contributed by atoms with van der Waals surface area (Å²) in [5, 5.41) is 0. The van der Waals surface area contributed by atoms with Crippen molar-refractivity contribution in [3.05, 3.63) is 41.6 Å². The molecule has 1 aromatic carbocycles. The molecule has 0 saturated carbocycles. The highest BCUT2D eigenvalue weighted by Gasteiger charge is 2.36. The smallest absolute Gasteiger partial charge is 0.423 e.